The third-order valence-electron chi connectivity index (χ3n) is 9.39. The number of benzene rings is 4. The lowest BCUT2D eigenvalue weighted by Crippen LogP contribution is -2.12. The Morgan fingerprint density at radius 1 is 0.596 bits per heavy atom. The molecule has 3 aromatic heterocycles. The Bertz CT molecular complexity index is 2500. The van der Waals surface area contributed by atoms with Crippen LogP contribution in [0.2, 0.25) is 0 Å². The van der Waals surface area contributed by atoms with Crippen LogP contribution in [-0.2, 0) is 17.8 Å². The average molecular weight is 710 g/mol. The van der Waals surface area contributed by atoms with E-state index in [9.17, 15) is 31.4 Å². The Labute approximate surface area is 296 Å². The highest BCUT2D eigenvalue weighted by Gasteiger charge is 2.34. The van der Waals surface area contributed by atoms with Crippen molar-refractivity contribution in [1.82, 2.24) is 14.5 Å². The second-order valence-electron chi connectivity index (χ2n) is 14.1. The lowest BCUT2D eigenvalue weighted by atomic mass is 9.82. The summed E-state index contributed by atoms with van der Waals surface area (Å²) in [5.41, 5.74) is 4.49. The SMILES string of the molecule is Cc1cc(C(C)(C)C)cc(C)c1-c1ccc2c(c1)c1ccc(-c3ccccc3O)cc1n2-c1cc(C(F)(F)F)cc(-c2cc(C(F)(F)F)ccn2)n1. The van der Waals surface area contributed by atoms with Gasteiger partial charge in [0, 0.05) is 22.5 Å². The summed E-state index contributed by atoms with van der Waals surface area (Å²) < 4.78 is 85.9. The van der Waals surface area contributed by atoms with Gasteiger partial charge in [-0.15, -0.1) is 0 Å². The van der Waals surface area contributed by atoms with E-state index in [0.717, 1.165) is 46.0 Å². The van der Waals surface area contributed by atoms with E-state index in [2.05, 4.69) is 56.7 Å². The number of para-hydroxylation sites is 1. The number of pyridine rings is 2. The van der Waals surface area contributed by atoms with E-state index < -0.39 is 23.5 Å². The van der Waals surface area contributed by atoms with Crippen LogP contribution in [0.4, 0.5) is 26.3 Å². The molecule has 4 nitrogen and oxygen atoms in total. The lowest BCUT2D eigenvalue weighted by Gasteiger charge is -2.22. The molecule has 0 spiro atoms. The maximum Gasteiger partial charge on any atom is 0.416 e. The van der Waals surface area contributed by atoms with E-state index in [0.29, 0.717) is 39.7 Å². The molecule has 52 heavy (non-hydrogen) atoms. The van der Waals surface area contributed by atoms with E-state index >= 15 is 0 Å². The summed E-state index contributed by atoms with van der Waals surface area (Å²) in [6.45, 7) is 10.6. The van der Waals surface area contributed by atoms with Gasteiger partial charge in [-0.1, -0.05) is 69.3 Å². The van der Waals surface area contributed by atoms with Crippen LogP contribution in [0.3, 0.4) is 0 Å². The molecule has 7 rings (SSSR count). The zero-order valence-electron chi connectivity index (χ0n) is 28.9. The Morgan fingerprint density at radius 3 is 1.90 bits per heavy atom. The maximum absolute atomic E-state index is 14.5. The summed E-state index contributed by atoms with van der Waals surface area (Å²) in [6.07, 6.45) is -8.69. The smallest absolute Gasteiger partial charge is 0.416 e. The van der Waals surface area contributed by atoms with Crippen LogP contribution in [0, 0.1) is 13.8 Å². The van der Waals surface area contributed by atoms with Crippen molar-refractivity contribution in [2.24, 2.45) is 0 Å². The zero-order chi connectivity index (χ0) is 37.3. The van der Waals surface area contributed by atoms with Crippen molar-refractivity contribution in [3.63, 3.8) is 0 Å². The van der Waals surface area contributed by atoms with Crippen molar-refractivity contribution in [2.75, 3.05) is 0 Å². The molecule has 0 aliphatic rings. The van der Waals surface area contributed by atoms with Crippen molar-refractivity contribution < 1.29 is 31.4 Å². The Morgan fingerprint density at radius 2 is 1.25 bits per heavy atom. The van der Waals surface area contributed by atoms with Gasteiger partial charge in [-0.25, -0.2) is 4.98 Å². The van der Waals surface area contributed by atoms with Crippen LogP contribution >= 0.6 is 0 Å². The number of fused-ring (bicyclic) bond motifs is 3. The van der Waals surface area contributed by atoms with Gasteiger partial charge in [0.1, 0.15) is 11.6 Å². The predicted molar refractivity (Wildman–Crippen MR) is 193 cm³/mol. The van der Waals surface area contributed by atoms with Crippen LogP contribution < -0.4 is 0 Å². The van der Waals surface area contributed by atoms with Crippen LogP contribution in [0.25, 0.3) is 61.3 Å². The topological polar surface area (TPSA) is 50.9 Å². The second-order valence-corrected chi connectivity index (χ2v) is 14.1. The van der Waals surface area contributed by atoms with Crippen LogP contribution in [-0.4, -0.2) is 19.6 Å². The van der Waals surface area contributed by atoms with Crippen LogP contribution in [0.15, 0.2) is 103 Å². The number of alkyl halides is 6. The summed E-state index contributed by atoms with van der Waals surface area (Å²) in [5, 5.41) is 12.1. The standard InChI is InChI=1S/C42H33F6N3O/c1-23-16-28(40(3,4)5)17-24(2)39(23)26-11-13-35-32(18-26)31-12-10-25(30-8-6-7-9-37(30)52)19-36(31)51(35)38-22-29(42(46,47)48)21-34(50-38)33-20-27(14-15-49-33)41(43,44)45/h6-22,52H,1-5H3. The summed E-state index contributed by atoms with van der Waals surface area (Å²) in [4.78, 5) is 8.50. The number of hydrogen-bond acceptors (Lipinski definition) is 3. The molecule has 0 aliphatic carbocycles. The fourth-order valence-corrected chi connectivity index (χ4v) is 6.83. The van der Waals surface area contributed by atoms with Gasteiger partial charge in [-0.2, -0.15) is 26.3 Å². The normalized spacial score (nSPS) is 12.6. The first-order chi connectivity index (χ1) is 24.4. The minimum absolute atomic E-state index is 0.0200. The number of aryl methyl sites for hydroxylation is 2. The molecule has 0 radical (unpaired) electrons. The number of aromatic hydroxyl groups is 1. The zero-order valence-corrected chi connectivity index (χ0v) is 28.9. The first-order valence-corrected chi connectivity index (χ1v) is 16.5. The van der Waals surface area contributed by atoms with Crippen LogP contribution in [0.1, 0.15) is 48.6 Å². The molecular weight excluding hydrogens is 676 g/mol. The van der Waals surface area contributed by atoms with Gasteiger partial charge in [0.2, 0.25) is 0 Å². The number of rotatable bonds is 4. The lowest BCUT2D eigenvalue weighted by molar-refractivity contribution is -0.138. The fourth-order valence-electron chi connectivity index (χ4n) is 6.83. The molecule has 10 heteroatoms. The quantitative estimate of drug-likeness (QED) is 0.185. The number of halogens is 6. The van der Waals surface area contributed by atoms with Gasteiger partial charge in [0.25, 0.3) is 0 Å². The number of phenolic OH excluding ortho intramolecular Hbond substituents is 1. The van der Waals surface area contributed by atoms with Gasteiger partial charge in [0.15, 0.2) is 0 Å². The summed E-state index contributed by atoms with van der Waals surface area (Å²) >= 11 is 0. The largest absolute Gasteiger partial charge is 0.507 e. The molecule has 0 fully saturated rings. The van der Waals surface area contributed by atoms with Gasteiger partial charge in [-0.05, 0) is 101 Å². The van der Waals surface area contributed by atoms with Gasteiger partial charge in [-0.3, -0.25) is 9.55 Å². The first-order valence-electron chi connectivity index (χ1n) is 16.5. The molecule has 0 atom stereocenters. The van der Waals surface area contributed by atoms with E-state index in [1.807, 2.05) is 30.3 Å². The van der Waals surface area contributed by atoms with Gasteiger partial charge < -0.3 is 5.11 Å². The summed E-state index contributed by atoms with van der Waals surface area (Å²) in [6, 6.07) is 25.3. The Hall–Kier alpha value is -5.64. The van der Waals surface area contributed by atoms with E-state index in [-0.39, 0.29) is 28.4 Å². The molecule has 0 amide bonds. The number of phenols is 1. The third-order valence-corrected chi connectivity index (χ3v) is 9.39. The molecule has 0 saturated carbocycles. The Balaban J connectivity index is 1.53. The molecule has 264 valence electrons. The minimum Gasteiger partial charge on any atom is -0.507 e. The molecule has 3 heterocycles. The molecule has 1 N–H and O–H groups in total. The minimum atomic E-state index is -4.85. The average Bonchev–Trinajstić information content (AvgIpc) is 3.40. The van der Waals surface area contributed by atoms with Crippen molar-refractivity contribution in [2.45, 2.75) is 52.4 Å². The molecule has 0 bridgehead atoms. The molecular formula is C42H33F6N3O. The van der Waals surface area contributed by atoms with Crippen molar-refractivity contribution in [3.05, 3.63) is 131 Å². The highest BCUT2D eigenvalue weighted by atomic mass is 19.4. The fraction of sp³-hybridized carbons (Fsp3) is 0.190. The maximum atomic E-state index is 14.5. The highest BCUT2D eigenvalue weighted by Crippen LogP contribution is 2.42. The third kappa shape index (κ3) is 6.27. The summed E-state index contributed by atoms with van der Waals surface area (Å²) in [7, 11) is 0. The predicted octanol–water partition coefficient (Wildman–Crippen LogP) is 12.2. The van der Waals surface area contributed by atoms with E-state index in [1.165, 1.54) is 5.56 Å². The van der Waals surface area contributed by atoms with Gasteiger partial charge >= 0.3 is 12.4 Å². The number of hydrogen-bond donors (Lipinski definition) is 1. The molecule has 0 aliphatic heterocycles. The molecule has 7 aromatic rings. The molecule has 4 aromatic carbocycles. The molecule has 0 unspecified atom stereocenters. The van der Waals surface area contributed by atoms with Crippen molar-refractivity contribution in [1.29, 1.82) is 0 Å². The number of nitrogens with zero attached hydrogens (tertiary/aromatic N) is 3. The van der Waals surface area contributed by atoms with Crippen molar-refractivity contribution >= 4 is 21.8 Å². The van der Waals surface area contributed by atoms with E-state index in [4.69, 9.17) is 0 Å². The number of aromatic nitrogens is 3. The van der Waals surface area contributed by atoms with Crippen LogP contribution in [0.5, 0.6) is 5.75 Å². The molecule has 0 saturated heterocycles. The second kappa shape index (κ2) is 12.3. The first kappa shape index (κ1) is 34.8. The monoisotopic (exact) mass is 709 g/mol. The van der Waals surface area contributed by atoms with Crippen molar-refractivity contribution in [3.8, 4) is 45.2 Å². The van der Waals surface area contributed by atoms with E-state index in [1.54, 1.807) is 34.9 Å². The Kier molecular flexibility index (Phi) is 8.20. The summed E-state index contributed by atoms with van der Waals surface area (Å²) in [5.74, 6) is -0.139. The highest BCUT2D eigenvalue weighted by molar-refractivity contribution is 6.11. The van der Waals surface area contributed by atoms with Gasteiger partial charge in [0.05, 0.1) is 33.5 Å².